The normalized spacial score (nSPS) is 9.95. The Bertz CT molecular complexity index is 632. The van der Waals surface area contributed by atoms with Gasteiger partial charge in [0.25, 0.3) is 0 Å². The second kappa shape index (κ2) is 5.64. The number of rotatable bonds is 3. The van der Waals surface area contributed by atoms with Crippen molar-refractivity contribution >= 4 is 23.0 Å². The van der Waals surface area contributed by atoms with Crippen LogP contribution >= 0.6 is 11.6 Å². The second-order valence-electron chi connectivity index (χ2n) is 4.38. The summed E-state index contributed by atoms with van der Waals surface area (Å²) >= 11 is 6.03. The summed E-state index contributed by atoms with van der Waals surface area (Å²) in [4.78, 5) is 2.06. The van der Waals surface area contributed by atoms with Crippen molar-refractivity contribution in [3.05, 3.63) is 58.6 Å². The summed E-state index contributed by atoms with van der Waals surface area (Å²) in [5.74, 6) is 0. The van der Waals surface area contributed by atoms with Crippen LogP contribution in [0.4, 0.5) is 11.4 Å². The van der Waals surface area contributed by atoms with E-state index in [-0.39, 0.29) is 0 Å². The maximum atomic E-state index is 8.85. The summed E-state index contributed by atoms with van der Waals surface area (Å²) in [6.07, 6.45) is 0. The van der Waals surface area contributed by atoms with Crippen LogP contribution in [-0.4, -0.2) is 7.05 Å². The van der Waals surface area contributed by atoms with Gasteiger partial charge in [-0.15, -0.1) is 0 Å². The predicted molar refractivity (Wildman–Crippen MR) is 79.1 cm³/mol. The van der Waals surface area contributed by atoms with Crippen LogP contribution in [0.2, 0.25) is 5.02 Å². The van der Waals surface area contributed by atoms with Crippen molar-refractivity contribution < 1.29 is 0 Å². The molecule has 2 N–H and O–H groups in total. The zero-order chi connectivity index (χ0) is 13.8. The molecule has 0 aliphatic rings. The standard InChI is InChI=1S/C15H14ClN3/c1-19(10-11-3-2-4-13(18)7-11)14-6-5-12(9-17)15(16)8-14/h2-8H,10,18H2,1H3. The molecule has 0 aliphatic heterocycles. The van der Waals surface area contributed by atoms with Crippen molar-refractivity contribution in [1.29, 1.82) is 5.26 Å². The SMILES string of the molecule is CN(Cc1cccc(N)c1)c1ccc(C#N)c(Cl)c1. The number of anilines is 2. The fourth-order valence-electron chi connectivity index (χ4n) is 1.89. The van der Waals surface area contributed by atoms with Crippen molar-refractivity contribution in [2.75, 3.05) is 17.7 Å². The number of nitriles is 1. The number of nitrogen functional groups attached to an aromatic ring is 1. The maximum absolute atomic E-state index is 8.85. The Morgan fingerprint density at radius 1 is 1.26 bits per heavy atom. The minimum Gasteiger partial charge on any atom is -0.399 e. The van der Waals surface area contributed by atoms with Gasteiger partial charge in [0.1, 0.15) is 6.07 Å². The highest BCUT2D eigenvalue weighted by Crippen LogP contribution is 2.23. The molecule has 2 rings (SSSR count). The molecule has 3 nitrogen and oxygen atoms in total. The lowest BCUT2D eigenvalue weighted by Gasteiger charge is -2.20. The van der Waals surface area contributed by atoms with Crippen molar-refractivity contribution in [2.45, 2.75) is 6.54 Å². The van der Waals surface area contributed by atoms with Crippen LogP contribution in [0, 0.1) is 11.3 Å². The summed E-state index contributed by atoms with van der Waals surface area (Å²) in [7, 11) is 1.97. The molecule has 0 spiro atoms. The zero-order valence-electron chi connectivity index (χ0n) is 10.6. The Hall–Kier alpha value is -2.18. The van der Waals surface area contributed by atoms with E-state index in [0.717, 1.165) is 23.5 Å². The van der Waals surface area contributed by atoms with Crippen LogP contribution in [0.3, 0.4) is 0 Å². The molecule has 2 aromatic rings. The van der Waals surface area contributed by atoms with E-state index in [9.17, 15) is 0 Å². The smallest absolute Gasteiger partial charge is 0.101 e. The van der Waals surface area contributed by atoms with Gasteiger partial charge in [-0.3, -0.25) is 0 Å². The molecule has 0 aromatic heterocycles. The Kier molecular flexibility index (Phi) is 3.94. The van der Waals surface area contributed by atoms with Crippen LogP contribution in [0.5, 0.6) is 0 Å². The molecule has 0 heterocycles. The molecule has 0 aliphatic carbocycles. The first-order valence-corrected chi connectivity index (χ1v) is 6.23. The summed E-state index contributed by atoms with van der Waals surface area (Å²) in [5.41, 5.74) is 9.09. The Balaban J connectivity index is 2.18. The fourth-order valence-corrected chi connectivity index (χ4v) is 2.11. The van der Waals surface area contributed by atoms with E-state index >= 15 is 0 Å². The molecule has 0 bridgehead atoms. The molecule has 4 heteroatoms. The maximum Gasteiger partial charge on any atom is 0.101 e. The van der Waals surface area contributed by atoms with Crippen molar-refractivity contribution in [3.8, 4) is 6.07 Å². The molecule has 0 saturated heterocycles. The van der Waals surface area contributed by atoms with Gasteiger partial charge in [-0.25, -0.2) is 0 Å². The third-order valence-electron chi connectivity index (χ3n) is 2.88. The third kappa shape index (κ3) is 3.18. The van der Waals surface area contributed by atoms with Gasteiger partial charge in [0.05, 0.1) is 10.6 Å². The lowest BCUT2D eigenvalue weighted by molar-refractivity contribution is 0.923. The molecule has 2 aromatic carbocycles. The molecule has 0 amide bonds. The van der Waals surface area contributed by atoms with Gasteiger partial charge in [0.15, 0.2) is 0 Å². The summed E-state index contributed by atoms with van der Waals surface area (Å²) in [6.45, 7) is 0.729. The first-order chi connectivity index (χ1) is 9.10. The van der Waals surface area contributed by atoms with Gasteiger partial charge in [-0.2, -0.15) is 5.26 Å². The van der Waals surface area contributed by atoms with E-state index in [1.807, 2.05) is 37.4 Å². The number of hydrogen-bond donors (Lipinski definition) is 1. The largest absolute Gasteiger partial charge is 0.399 e. The second-order valence-corrected chi connectivity index (χ2v) is 4.78. The molecular formula is C15H14ClN3. The van der Waals surface area contributed by atoms with Crippen LogP contribution in [0.15, 0.2) is 42.5 Å². The number of benzene rings is 2. The summed E-state index contributed by atoms with van der Waals surface area (Å²) in [6, 6.07) is 15.2. The van der Waals surface area contributed by atoms with E-state index in [2.05, 4.69) is 11.0 Å². The van der Waals surface area contributed by atoms with Gasteiger partial charge in [0, 0.05) is 25.0 Å². The Labute approximate surface area is 117 Å². The molecule has 0 atom stereocenters. The quantitative estimate of drug-likeness (QED) is 0.870. The van der Waals surface area contributed by atoms with Gasteiger partial charge in [-0.1, -0.05) is 23.7 Å². The Morgan fingerprint density at radius 3 is 2.68 bits per heavy atom. The summed E-state index contributed by atoms with van der Waals surface area (Å²) in [5, 5.41) is 9.32. The minimum absolute atomic E-state index is 0.472. The molecule has 19 heavy (non-hydrogen) atoms. The van der Waals surface area contributed by atoms with E-state index in [1.165, 1.54) is 0 Å². The number of nitrogens with zero attached hydrogens (tertiary/aromatic N) is 2. The number of halogens is 1. The first-order valence-electron chi connectivity index (χ1n) is 5.85. The van der Waals surface area contributed by atoms with Crippen LogP contribution in [0.25, 0.3) is 0 Å². The van der Waals surface area contributed by atoms with Gasteiger partial charge in [0.2, 0.25) is 0 Å². The van der Waals surface area contributed by atoms with E-state index in [0.29, 0.717) is 10.6 Å². The average Bonchev–Trinajstić information content (AvgIpc) is 2.38. The van der Waals surface area contributed by atoms with Crippen molar-refractivity contribution in [1.82, 2.24) is 0 Å². The summed E-state index contributed by atoms with van der Waals surface area (Å²) < 4.78 is 0. The zero-order valence-corrected chi connectivity index (χ0v) is 11.4. The van der Waals surface area contributed by atoms with Crippen LogP contribution < -0.4 is 10.6 Å². The molecule has 96 valence electrons. The first kappa shape index (κ1) is 13.3. The highest BCUT2D eigenvalue weighted by atomic mass is 35.5. The lowest BCUT2D eigenvalue weighted by atomic mass is 10.1. The van der Waals surface area contributed by atoms with Gasteiger partial charge < -0.3 is 10.6 Å². The van der Waals surface area contributed by atoms with Crippen LogP contribution in [0.1, 0.15) is 11.1 Å². The molecule has 0 fully saturated rings. The molecule has 0 radical (unpaired) electrons. The van der Waals surface area contributed by atoms with E-state index in [1.54, 1.807) is 12.1 Å². The molecule has 0 unspecified atom stereocenters. The average molecular weight is 272 g/mol. The number of nitrogens with two attached hydrogens (primary N) is 1. The molecule has 0 saturated carbocycles. The third-order valence-corrected chi connectivity index (χ3v) is 3.20. The minimum atomic E-state index is 0.472. The topological polar surface area (TPSA) is 53.0 Å². The Morgan fingerprint density at radius 2 is 2.05 bits per heavy atom. The highest BCUT2D eigenvalue weighted by molar-refractivity contribution is 6.32. The predicted octanol–water partition coefficient (Wildman–Crippen LogP) is 3.43. The van der Waals surface area contributed by atoms with E-state index < -0.39 is 0 Å². The van der Waals surface area contributed by atoms with Crippen LogP contribution in [-0.2, 0) is 6.54 Å². The highest BCUT2D eigenvalue weighted by Gasteiger charge is 2.06. The lowest BCUT2D eigenvalue weighted by Crippen LogP contribution is -2.16. The fraction of sp³-hybridized carbons (Fsp3) is 0.133. The van der Waals surface area contributed by atoms with Crippen molar-refractivity contribution in [2.24, 2.45) is 0 Å². The number of hydrogen-bond acceptors (Lipinski definition) is 3. The van der Waals surface area contributed by atoms with Gasteiger partial charge >= 0.3 is 0 Å². The van der Waals surface area contributed by atoms with Gasteiger partial charge in [-0.05, 0) is 35.9 Å². The van der Waals surface area contributed by atoms with E-state index in [4.69, 9.17) is 22.6 Å². The van der Waals surface area contributed by atoms with Crippen molar-refractivity contribution in [3.63, 3.8) is 0 Å². The monoisotopic (exact) mass is 271 g/mol. The molecular weight excluding hydrogens is 258 g/mol.